The van der Waals surface area contributed by atoms with Crippen molar-refractivity contribution < 1.29 is 28.7 Å². The first kappa shape index (κ1) is 18.8. The van der Waals surface area contributed by atoms with Gasteiger partial charge in [-0.3, -0.25) is 4.79 Å². The van der Waals surface area contributed by atoms with E-state index in [-0.39, 0.29) is 31.9 Å². The lowest BCUT2D eigenvalue weighted by Crippen LogP contribution is -2.48. The van der Waals surface area contributed by atoms with Crippen LogP contribution in [0.15, 0.2) is 28.8 Å². The molecule has 2 aromatic rings. The second-order valence-corrected chi connectivity index (χ2v) is 6.01. The largest absolute Gasteiger partial charge is 0.494 e. The van der Waals surface area contributed by atoms with Crippen molar-refractivity contribution in [2.45, 2.75) is 25.9 Å². The van der Waals surface area contributed by atoms with E-state index in [1.54, 1.807) is 0 Å². The van der Waals surface area contributed by atoms with Crippen LogP contribution in [0, 0.1) is 0 Å². The number of carboxylic acids is 1. The lowest BCUT2D eigenvalue weighted by atomic mass is 10.2. The second-order valence-electron chi connectivity index (χ2n) is 6.01. The second kappa shape index (κ2) is 8.63. The number of hydrogen-bond acceptors (Lipinski definition) is 7. The molecule has 1 fully saturated rings. The van der Waals surface area contributed by atoms with Gasteiger partial charge in [-0.25, -0.2) is 4.79 Å². The fourth-order valence-electron chi connectivity index (χ4n) is 2.74. The third-order valence-electron chi connectivity index (χ3n) is 4.14. The van der Waals surface area contributed by atoms with Crippen LogP contribution < -0.4 is 4.74 Å². The highest BCUT2D eigenvalue weighted by Crippen LogP contribution is 2.20. The number of nitrogens with zero attached hydrogens (tertiary/aromatic N) is 3. The van der Waals surface area contributed by atoms with Crippen LogP contribution in [0.1, 0.15) is 19.2 Å². The minimum atomic E-state index is -1.07. The maximum absolute atomic E-state index is 12.3. The molecule has 1 unspecified atom stereocenters. The highest BCUT2D eigenvalue weighted by atomic mass is 16.5. The highest BCUT2D eigenvalue weighted by Gasteiger charge is 2.28. The first-order valence-electron chi connectivity index (χ1n) is 8.75. The summed E-state index contributed by atoms with van der Waals surface area (Å²) < 4.78 is 15.7. The van der Waals surface area contributed by atoms with Gasteiger partial charge < -0.3 is 24.0 Å². The van der Waals surface area contributed by atoms with E-state index in [4.69, 9.17) is 19.1 Å². The highest BCUT2D eigenvalue weighted by molar-refractivity contribution is 5.78. The fourth-order valence-corrected chi connectivity index (χ4v) is 2.74. The van der Waals surface area contributed by atoms with Crippen molar-refractivity contribution in [3.8, 4) is 17.1 Å². The van der Waals surface area contributed by atoms with Gasteiger partial charge in [0.2, 0.25) is 17.6 Å². The molecule has 1 atom stereocenters. The predicted octanol–water partition coefficient (Wildman–Crippen LogP) is 1.38. The van der Waals surface area contributed by atoms with E-state index < -0.39 is 12.1 Å². The van der Waals surface area contributed by atoms with Crippen molar-refractivity contribution in [1.29, 1.82) is 0 Å². The van der Waals surface area contributed by atoms with Crippen molar-refractivity contribution in [2.75, 3.05) is 26.3 Å². The van der Waals surface area contributed by atoms with Gasteiger partial charge in [0.1, 0.15) is 5.75 Å². The molecule has 1 amide bonds. The Bertz CT molecular complexity index is 789. The van der Waals surface area contributed by atoms with Crippen molar-refractivity contribution in [2.24, 2.45) is 0 Å². The van der Waals surface area contributed by atoms with E-state index in [1.807, 2.05) is 31.2 Å². The van der Waals surface area contributed by atoms with Gasteiger partial charge in [-0.15, -0.1) is 0 Å². The zero-order valence-electron chi connectivity index (χ0n) is 15.0. The first-order valence-corrected chi connectivity index (χ1v) is 8.75. The van der Waals surface area contributed by atoms with Gasteiger partial charge in [-0.2, -0.15) is 4.98 Å². The minimum Gasteiger partial charge on any atom is -0.494 e. The minimum absolute atomic E-state index is 0.0510. The molecule has 3 rings (SSSR count). The van der Waals surface area contributed by atoms with E-state index in [0.717, 1.165) is 11.3 Å². The van der Waals surface area contributed by atoms with Gasteiger partial charge in [0.25, 0.3) is 0 Å². The number of morpholine rings is 1. The van der Waals surface area contributed by atoms with Crippen LogP contribution >= 0.6 is 0 Å². The predicted molar refractivity (Wildman–Crippen MR) is 93.2 cm³/mol. The molecular weight excluding hydrogens is 354 g/mol. The number of benzene rings is 1. The molecule has 9 nitrogen and oxygen atoms in total. The molecule has 0 bridgehead atoms. The lowest BCUT2D eigenvalue weighted by Gasteiger charge is -2.30. The molecule has 9 heteroatoms. The average Bonchev–Trinajstić information content (AvgIpc) is 3.16. The molecule has 2 heterocycles. The number of carbonyl (C=O) groups is 2. The van der Waals surface area contributed by atoms with Crippen molar-refractivity contribution in [3.63, 3.8) is 0 Å². The molecule has 1 aliphatic heterocycles. The zero-order valence-corrected chi connectivity index (χ0v) is 15.0. The maximum Gasteiger partial charge on any atom is 0.334 e. The summed E-state index contributed by atoms with van der Waals surface area (Å²) in [6, 6.07) is 7.33. The topological polar surface area (TPSA) is 115 Å². The standard InChI is InChI=1S/C18H21N3O6/c1-2-25-13-5-3-12(4-6-13)17-19-15(27-20-17)7-8-16(22)21-9-10-26-14(11-21)18(23)24/h3-6,14H,2,7-11H2,1H3,(H,23,24). The van der Waals surface area contributed by atoms with E-state index in [9.17, 15) is 9.59 Å². The van der Waals surface area contributed by atoms with E-state index in [1.165, 1.54) is 4.90 Å². The first-order chi connectivity index (χ1) is 13.1. The number of aromatic nitrogens is 2. The van der Waals surface area contributed by atoms with Crippen molar-refractivity contribution in [3.05, 3.63) is 30.2 Å². The molecule has 27 heavy (non-hydrogen) atoms. The summed E-state index contributed by atoms with van der Waals surface area (Å²) in [5.41, 5.74) is 0.789. The summed E-state index contributed by atoms with van der Waals surface area (Å²) in [6.45, 7) is 3.15. The Morgan fingerprint density at radius 3 is 2.81 bits per heavy atom. The summed E-state index contributed by atoms with van der Waals surface area (Å²) in [4.78, 5) is 29.1. The van der Waals surface area contributed by atoms with E-state index in [2.05, 4.69) is 10.1 Å². The summed E-state index contributed by atoms with van der Waals surface area (Å²) in [7, 11) is 0. The van der Waals surface area contributed by atoms with E-state index in [0.29, 0.717) is 24.9 Å². The molecule has 0 aliphatic carbocycles. The third kappa shape index (κ3) is 4.82. The fraction of sp³-hybridized carbons (Fsp3) is 0.444. The van der Waals surface area contributed by atoms with Gasteiger partial charge in [0, 0.05) is 24.9 Å². The van der Waals surface area contributed by atoms with Crippen LogP contribution in [0.5, 0.6) is 5.75 Å². The van der Waals surface area contributed by atoms with Gasteiger partial charge in [0.05, 0.1) is 19.8 Å². The Morgan fingerprint density at radius 1 is 1.33 bits per heavy atom. The number of rotatable bonds is 7. The summed E-state index contributed by atoms with van der Waals surface area (Å²) in [5, 5.41) is 12.9. The maximum atomic E-state index is 12.3. The molecular formula is C18H21N3O6. The third-order valence-corrected chi connectivity index (χ3v) is 4.14. The molecule has 0 saturated carbocycles. The Kier molecular flexibility index (Phi) is 6.02. The monoisotopic (exact) mass is 375 g/mol. The normalized spacial score (nSPS) is 16.9. The molecule has 1 N–H and O–H groups in total. The van der Waals surface area contributed by atoms with E-state index >= 15 is 0 Å². The number of aliphatic carboxylic acids is 1. The van der Waals surface area contributed by atoms with Gasteiger partial charge in [-0.1, -0.05) is 5.16 Å². The Morgan fingerprint density at radius 2 is 2.11 bits per heavy atom. The van der Waals surface area contributed by atoms with Crippen LogP contribution in [0.3, 0.4) is 0 Å². The molecule has 144 valence electrons. The number of aryl methyl sites for hydroxylation is 1. The number of ether oxygens (including phenoxy) is 2. The quantitative estimate of drug-likeness (QED) is 0.772. The number of hydrogen-bond donors (Lipinski definition) is 1. The molecule has 1 aliphatic rings. The molecule has 1 aromatic heterocycles. The van der Waals surface area contributed by atoms with Crippen LogP contribution in [0.2, 0.25) is 0 Å². The van der Waals surface area contributed by atoms with Gasteiger partial charge in [-0.05, 0) is 31.2 Å². The smallest absolute Gasteiger partial charge is 0.334 e. The molecule has 0 radical (unpaired) electrons. The van der Waals surface area contributed by atoms with Crippen molar-refractivity contribution in [1.82, 2.24) is 15.0 Å². The average molecular weight is 375 g/mol. The summed E-state index contributed by atoms with van der Waals surface area (Å²) >= 11 is 0. The molecule has 1 aromatic carbocycles. The zero-order chi connectivity index (χ0) is 19.2. The summed E-state index contributed by atoms with van der Waals surface area (Å²) in [6.07, 6.45) is -0.521. The molecule has 0 spiro atoms. The Labute approximate surface area is 155 Å². The van der Waals surface area contributed by atoms with Crippen LogP contribution in [-0.4, -0.2) is 64.4 Å². The Balaban J connectivity index is 1.54. The van der Waals surface area contributed by atoms with Gasteiger partial charge >= 0.3 is 5.97 Å². The van der Waals surface area contributed by atoms with Crippen LogP contribution in [-0.2, 0) is 20.7 Å². The number of carboxylic acid groups (broad SMARTS) is 1. The lowest BCUT2D eigenvalue weighted by molar-refractivity contribution is -0.159. The van der Waals surface area contributed by atoms with Crippen LogP contribution in [0.4, 0.5) is 0 Å². The number of amides is 1. The Hall–Kier alpha value is -2.94. The van der Waals surface area contributed by atoms with Crippen molar-refractivity contribution >= 4 is 11.9 Å². The summed E-state index contributed by atoms with van der Waals surface area (Å²) in [5.74, 6) is 0.337. The van der Waals surface area contributed by atoms with Crippen LogP contribution in [0.25, 0.3) is 11.4 Å². The molecule has 1 saturated heterocycles. The van der Waals surface area contributed by atoms with Gasteiger partial charge in [0.15, 0.2) is 6.10 Å². The SMILES string of the molecule is CCOc1ccc(-c2noc(CCC(=O)N3CCOC(C(=O)O)C3)n2)cc1. The number of carbonyl (C=O) groups excluding carboxylic acids is 1.